The number of aromatic hydroxyl groups is 1. The van der Waals surface area contributed by atoms with E-state index in [1.165, 1.54) is 0 Å². The standard InChI is InChI=1S/C11H13NO3/c13-9-3-1-2-8-11(9)7(4-5-12-8)6-10(14)15/h1-3,7,12-13H,4-6H2,(H,14,15). The molecule has 0 saturated carbocycles. The Morgan fingerprint density at radius 1 is 1.53 bits per heavy atom. The van der Waals surface area contributed by atoms with Gasteiger partial charge in [-0.2, -0.15) is 0 Å². The average molecular weight is 207 g/mol. The number of phenols is 1. The fourth-order valence-corrected chi connectivity index (χ4v) is 2.08. The van der Waals surface area contributed by atoms with Crippen LogP contribution in [0.15, 0.2) is 18.2 Å². The molecule has 4 nitrogen and oxygen atoms in total. The highest BCUT2D eigenvalue weighted by molar-refractivity contribution is 5.70. The number of carbonyl (C=O) groups is 1. The molecule has 0 saturated heterocycles. The van der Waals surface area contributed by atoms with E-state index in [0.29, 0.717) is 0 Å². The second-order valence-electron chi connectivity index (χ2n) is 3.75. The number of benzene rings is 1. The van der Waals surface area contributed by atoms with E-state index in [1.807, 2.05) is 6.07 Å². The van der Waals surface area contributed by atoms with Crippen molar-refractivity contribution in [3.8, 4) is 5.75 Å². The Balaban J connectivity index is 2.36. The van der Waals surface area contributed by atoms with Gasteiger partial charge < -0.3 is 15.5 Å². The minimum absolute atomic E-state index is 0.0756. The molecule has 0 fully saturated rings. The van der Waals surface area contributed by atoms with E-state index in [0.717, 1.165) is 24.2 Å². The van der Waals surface area contributed by atoms with E-state index in [9.17, 15) is 9.90 Å². The molecule has 3 N–H and O–H groups in total. The lowest BCUT2D eigenvalue weighted by molar-refractivity contribution is -0.137. The molecule has 4 heteroatoms. The normalized spacial score (nSPS) is 19.1. The molecular formula is C11H13NO3. The molecule has 15 heavy (non-hydrogen) atoms. The fraction of sp³-hybridized carbons (Fsp3) is 0.364. The summed E-state index contributed by atoms with van der Waals surface area (Å²) in [7, 11) is 0. The smallest absolute Gasteiger partial charge is 0.303 e. The maximum absolute atomic E-state index is 10.7. The zero-order valence-corrected chi connectivity index (χ0v) is 8.23. The van der Waals surface area contributed by atoms with Gasteiger partial charge >= 0.3 is 5.97 Å². The van der Waals surface area contributed by atoms with E-state index in [2.05, 4.69) is 5.32 Å². The van der Waals surface area contributed by atoms with E-state index in [4.69, 9.17) is 5.11 Å². The van der Waals surface area contributed by atoms with Crippen molar-refractivity contribution in [2.45, 2.75) is 18.8 Å². The molecule has 0 spiro atoms. The highest BCUT2D eigenvalue weighted by Crippen LogP contribution is 2.39. The number of aliphatic carboxylic acids is 1. The van der Waals surface area contributed by atoms with Crippen LogP contribution in [0, 0.1) is 0 Å². The second-order valence-corrected chi connectivity index (χ2v) is 3.75. The molecule has 0 radical (unpaired) electrons. The van der Waals surface area contributed by atoms with Gasteiger partial charge in [-0.05, 0) is 18.6 Å². The van der Waals surface area contributed by atoms with Crippen LogP contribution < -0.4 is 5.32 Å². The summed E-state index contributed by atoms with van der Waals surface area (Å²) < 4.78 is 0. The van der Waals surface area contributed by atoms with Crippen molar-refractivity contribution in [2.75, 3.05) is 11.9 Å². The summed E-state index contributed by atoms with van der Waals surface area (Å²) in [6, 6.07) is 5.22. The molecule has 2 rings (SSSR count). The van der Waals surface area contributed by atoms with Gasteiger partial charge in [-0.15, -0.1) is 0 Å². The van der Waals surface area contributed by atoms with Gasteiger partial charge in [0.2, 0.25) is 0 Å². The van der Waals surface area contributed by atoms with Crippen molar-refractivity contribution in [1.82, 2.24) is 0 Å². The van der Waals surface area contributed by atoms with Crippen LogP contribution in [0.2, 0.25) is 0 Å². The SMILES string of the molecule is O=C(O)CC1CCNc2cccc(O)c21. The number of fused-ring (bicyclic) bond motifs is 1. The zero-order valence-electron chi connectivity index (χ0n) is 8.23. The zero-order chi connectivity index (χ0) is 10.8. The first-order valence-corrected chi connectivity index (χ1v) is 4.96. The Morgan fingerprint density at radius 2 is 2.33 bits per heavy atom. The third kappa shape index (κ3) is 1.88. The van der Waals surface area contributed by atoms with Crippen LogP contribution in [0.3, 0.4) is 0 Å². The molecule has 0 aromatic heterocycles. The van der Waals surface area contributed by atoms with Crippen molar-refractivity contribution in [3.05, 3.63) is 23.8 Å². The molecule has 1 atom stereocenters. The van der Waals surface area contributed by atoms with Crippen LogP contribution >= 0.6 is 0 Å². The van der Waals surface area contributed by atoms with Crippen molar-refractivity contribution in [1.29, 1.82) is 0 Å². The van der Waals surface area contributed by atoms with Gasteiger partial charge in [0.15, 0.2) is 0 Å². The third-order valence-corrected chi connectivity index (χ3v) is 2.72. The summed E-state index contributed by atoms with van der Waals surface area (Å²) in [5.41, 5.74) is 1.60. The third-order valence-electron chi connectivity index (χ3n) is 2.72. The maximum atomic E-state index is 10.7. The van der Waals surface area contributed by atoms with Gasteiger partial charge in [-0.1, -0.05) is 6.07 Å². The molecule has 1 heterocycles. The van der Waals surface area contributed by atoms with E-state index in [1.54, 1.807) is 12.1 Å². The summed E-state index contributed by atoms with van der Waals surface area (Å²) in [5.74, 6) is -0.720. The van der Waals surface area contributed by atoms with Gasteiger partial charge in [-0.25, -0.2) is 0 Å². The van der Waals surface area contributed by atoms with Crippen LogP contribution in [0.1, 0.15) is 24.3 Å². The number of carboxylic acid groups (broad SMARTS) is 1. The Morgan fingerprint density at radius 3 is 3.07 bits per heavy atom. The minimum atomic E-state index is -0.823. The minimum Gasteiger partial charge on any atom is -0.508 e. The van der Waals surface area contributed by atoms with Gasteiger partial charge in [-0.3, -0.25) is 4.79 Å². The molecule has 0 aliphatic carbocycles. The molecule has 1 unspecified atom stereocenters. The van der Waals surface area contributed by atoms with Crippen molar-refractivity contribution >= 4 is 11.7 Å². The lowest BCUT2D eigenvalue weighted by atomic mass is 9.88. The van der Waals surface area contributed by atoms with Gasteiger partial charge in [0, 0.05) is 23.7 Å². The molecular weight excluding hydrogens is 194 g/mol. The molecule has 1 aromatic carbocycles. The predicted octanol–water partition coefficient (Wildman–Crippen LogP) is 1.77. The highest BCUT2D eigenvalue weighted by Gasteiger charge is 2.24. The van der Waals surface area contributed by atoms with Gasteiger partial charge in [0.1, 0.15) is 5.75 Å². The van der Waals surface area contributed by atoms with Gasteiger partial charge in [0.05, 0.1) is 6.42 Å². The first kappa shape index (κ1) is 9.83. The number of carboxylic acids is 1. The molecule has 80 valence electrons. The Bertz CT molecular complexity index is 389. The van der Waals surface area contributed by atoms with Crippen molar-refractivity contribution in [3.63, 3.8) is 0 Å². The lowest BCUT2D eigenvalue weighted by Gasteiger charge is -2.26. The Hall–Kier alpha value is -1.71. The van der Waals surface area contributed by atoms with Gasteiger partial charge in [0.25, 0.3) is 0 Å². The lowest BCUT2D eigenvalue weighted by Crippen LogP contribution is -2.19. The summed E-state index contributed by atoms with van der Waals surface area (Å²) in [4.78, 5) is 10.7. The maximum Gasteiger partial charge on any atom is 0.303 e. The van der Waals surface area contributed by atoms with E-state index >= 15 is 0 Å². The topological polar surface area (TPSA) is 69.6 Å². The molecule has 0 amide bonds. The molecule has 0 bridgehead atoms. The number of nitrogens with one attached hydrogen (secondary N) is 1. The molecule has 1 aliphatic heterocycles. The van der Waals surface area contributed by atoms with E-state index < -0.39 is 5.97 Å². The van der Waals surface area contributed by atoms with Crippen molar-refractivity contribution < 1.29 is 15.0 Å². The summed E-state index contributed by atoms with van der Waals surface area (Å²) in [5, 5.41) is 21.6. The molecule has 1 aromatic rings. The summed E-state index contributed by atoms with van der Waals surface area (Å²) in [6.07, 6.45) is 0.823. The first-order valence-electron chi connectivity index (χ1n) is 4.96. The van der Waals surface area contributed by atoms with Crippen molar-refractivity contribution in [2.24, 2.45) is 0 Å². The average Bonchev–Trinajstić information content (AvgIpc) is 2.17. The Labute approximate surface area is 87.6 Å². The number of hydrogen-bond acceptors (Lipinski definition) is 3. The number of anilines is 1. The highest BCUT2D eigenvalue weighted by atomic mass is 16.4. The predicted molar refractivity (Wildman–Crippen MR) is 56.2 cm³/mol. The quantitative estimate of drug-likeness (QED) is 0.691. The van der Waals surface area contributed by atoms with Crippen LogP contribution in [-0.2, 0) is 4.79 Å². The Kier molecular flexibility index (Phi) is 2.49. The number of rotatable bonds is 2. The van der Waals surface area contributed by atoms with E-state index in [-0.39, 0.29) is 18.1 Å². The summed E-state index contributed by atoms with van der Waals surface area (Å²) in [6.45, 7) is 0.758. The van der Waals surface area contributed by atoms with Crippen LogP contribution in [-0.4, -0.2) is 22.7 Å². The fourth-order valence-electron chi connectivity index (χ4n) is 2.08. The summed E-state index contributed by atoms with van der Waals surface area (Å²) >= 11 is 0. The monoisotopic (exact) mass is 207 g/mol. The number of phenolic OH excluding ortho intramolecular Hbond substituents is 1. The van der Waals surface area contributed by atoms with Crippen LogP contribution in [0.5, 0.6) is 5.75 Å². The van der Waals surface area contributed by atoms with Crippen LogP contribution in [0.4, 0.5) is 5.69 Å². The molecule has 1 aliphatic rings. The largest absolute Gasteiger partial charge is 0.508 e. The number of hydrogen-bond donors (Lipinski definition) is 3. The second kappa shape index (κ2) is 3.81. The van der Waals surface area contributed by atoms with Crippen LogP contribution in [0.25, 0.3) is 0 Å². The first-order chi connectivity index (χ1) is 7.18.